The van der Waals surface area contributed by atoms with Crippen molar-refractivity contribution >= 4 is 19.8 Å². The molecule has 1 aromatic heterocycles. The van der Waals surface area contributed by atoms with Gasteiger partial charge in [-0.15, -0.1) is 10.2 Å². The Morgan fingerprint density at radius 3 is 2.02 bits per heavy atom. The van der Waals surface area contributed by atoms with Crippen molar-refractivity contribution in [2.24, 2.45) is 5.92 Å². The first-order valence-corrected chi connectivity index (χ1v) is 14.2. The fourth-order valence-electron chi connectivity index (χ4n) is 5.26. The molecule has 0 amide bonds. The standard InChI is InChI=1S/C32H29BF3N3O7/c1-18(33)23-24(40)26(28-38-37-27(39(28)17-32(34,35)36)19-13-15-22(43-2)16-14-19)45-31(46-30(42)21-11-7-4-8-12-21)25(23)44-29(41)20-9-5-3-6-10-20/h3-16,18,23-26,31,40H,17H2,1-2H3. The Bertz CT molecular complexity index is 1640. The highest BCUT2D eigenvalue weighted by atomic mass is 19.4. The number of esters is 2. The summed E-state index contributed by atoms with van der Waals surface area (Å²) in [4.78, 5) is 26.3. The third-order valence-corrected chi connectivity index (χ3v) is 7.44. The smallest absolute Gasteiger partial charge is 0.406 e. The van der Waals surface area contributed by atoms with E-state index < -0.39 is 66.8 Å². The van der Waals surface area contributed by atoms with Crippen molar-refractivity contribution in [1.29, 1.82) is 0 Å². The molecule has 6 unspecified atom stereocenters. The first-order valence-electron chi connectivity index (χ1n) is 14.2. The monoisotopic (exact) mass is 635 g/mol. The molecule has 1 N–H and O–H groups in total. The summed E-state index contributed by atoms with van der Waals surface area (Å²) in [6.45, 7) is -0.0219. The predicted molar refractivity (Wildman–Crippen MR) is 158 cm³/mol. The minimum Gasteiger partial charge on any atom is -0.497 e. The van der Waals surface area contributed by atoms with Gasteiger partial charge >= 0.3 is 18.1 Å². The zero-order valence-corrected chi connectivity index (χ0v) is 24.7. The number of aliphatic hydroxyl groups excluding tert-OH is 1. The number of aliphatic hydroxyl groups is 1. The van der Waals surface area contributed by atoms with Gasteiger partial charge in [-0.3, -0.25) is 4.57 Å². The second-order valence-corrected chi connectivity index (χ2v) is 10.7. The van der Waals surface area contributed by atoms with Gasteiger partial charge in [0.1, 0.15) is 18.4 Å². The average Bonchev–Trinajstić information content (AvgIpc) is 3.44. The molecule has 2 heterocycles. The Morgan fingerprint density at radius 1 is 0.935 bits per heavy atom. The van der Waals surface area contributed by atoms with E-state index in [1.807, 2.05) is 0 Å². The molecule has 1 fully saturated rings. The van der Waals surface area contributed by atoms with Crippen LogP contribution in [0.1, 0.15) is 39.6 Å². The number of carbonyl (C=O) groups excluding carboxylic acids is 2. The molecular weight excluding hydrogens is 606 g/mol. The number of ether oxygens (including phenoxy) is 4. The molecular formula is C32H29BF3N3O7. The highest BCUT2D eigenvalue weighted by molar-refractivity contribution is 6.11. The van der Waals surface area contributed by atoms with Crippen molar-refractivity contribution < 1.29 is 46.8 Å². The van der Waals surface area contributed by atoms with E-state index in [4.69, 9.17) is 26.8 Å². The summed E-state index contributed by atoms with van der Waals surface area (Å²) < 4.78 is 65.1. The van der Waals surface area contributed by atoms with E-state index in [0.29, 0.717) is 5.75 Å². The van der Waals surface area contributed by atoms with Gasteiger partial charge in [0.15, 0.2) is 17.8 Å². The number of hydrogen-bond donors (Lipinski definition) is 1. The van der Waals surface area contributed by atoms with Gasteiger partial charge in [0.25, 0.3) is 0 Å². The van der Waals surface area contributed by atoms with Crippen LogP contribution in [0.3, 0.4) is 0 Å². The number of halogens is 3. The molecule has 6 atom stereocenters. The molecule has 1 saturated heterocycles. The molecule has 0 aliphatic carbocycles. The molecule has 1 aliphatic heterocycles. The van der Waals surface area contributed by atoms with Crippen LogP contribution < -0.4 is 4.74 Å². The summed E-state index contributed by atoms with van der Waals surface area (Å²) in [6.07, 6.45) is -11.2. The van der Waals surface area contributed by atoms with Gasteiger partial charge in [-0.25, -0.2) is 9.59 Å². The molecule has 238 valence electrons. The van der Waals surface area contributed by atoms with Crippen molar-refractivity contribution in [3.8, 4) is 17.1 Å². The van der Waals surface area contributed by atoms with Crippen LogP contribution in [0.4, 0.5) is 13.2 Å². The largest absolute Gasteiger partial charge is 0.497 e. The maximum absolute atomic E-state index is 13.9. The zero-order chi connectivity index (χ0) is 33.0. The van der Waals surface area contributed by atoms with Crippen LogP contribution >= 0.6 is 0 Å². The Kier molecular flexibility index (Phi) is 9.78. The Labute approximate surface area is 263 Å². The normalized spacial score (nSPS) is 22.1. The van der Waals surface area contributed by atoms with Crippen molar-refractivity contribution in [2.75, 3.05) is 7.11 Å². The lowest BCUT2D eigenvalue weighted by Crippen LogP contribution is -2.55. The van der Waals surface area contributed by atoms with Gasteiger partial charge in [-0.1, -0.05) is 49.1 Å². The van der Waals surface area contributed by atoms with Crippen LogP contribution in [0, 0.1) is 5.92 Å². The predicted octanol–water partition coefficient (Wildman–Crippen LogP) is 4.95. The Morgan fingerprint density at radius 2 is 1.50 bits per heavy atom. The van der Waals surface area contributed by atoms with Crippen LogP contribution in [-0.4, -0.2) is 71.4 Å². The third-order valence-electron chi connectivity index (χ3n) is 7.44. The van der Waals surface area contributed by atoms with Crippen molar-refractivity contribution in [2.45, 2.75) is 50.1 Å². The average molecular weight is 635 g/mol. The van der Waals surface area contributed by atoms with E-state index in [2.05, 4.69) is 10.2 Å². The fourth-order valence-corrected chi connectivity index (χ4v) is 5.26. The highest BCUT2D eigenvalue weighted by Crippen LogP contribution is 2.43. The second-order valence-electron chi connectivity index (χ2n) is 10.7. The summed E-state index contributed by atoms with van der Waals surface area (Å²) in [6, 6.07) is 21.9. The Hall–Kier alpha value is -4.69. The first kappa shape index (κ1) is 32.7. The quantitative estimate of drug-likeness (QED) is 0.201. The highest BCUT2D eigenvalue weighted by Gasteiger charge is 2.52. The molecule has 3 aromatic carbocycles. The zero-order valence-electron chi connectivity index (χ0n) is 24.7. The van der Waals surface area contributed by atoms with Crippen LogP contribution in [0.5, 0.6) is 5.75 Å². The van der Waals surface area contributed by atoms with Crippen LogP contribution in [0.15, 0.2) is 84.9 Å². The molecule has 0 spiro atoms. The van der Waals surface area contributed by atoms with Crippen molar-refractivity contribution in [3.05, 3.63) is 102 Å². The summed E-state index contributed by atoms with van der Waals surface area (Å²) in [5, 5.41) is 19.6. The number of benzene rings is 3. The summed E-state index contributed by atoms with van der Waals surface area (Å²) in [5.41, 5.74) is 0.561. The maximum atomic E-state index is 13.9. The van der Waals surface area contributed by atoms with Gasteiger partial charge < -0.3 is 24.1 Å². The molecule has 46 heavy (non-hydrogen) atoms. The SMILES string of the molecule is [B]C(C)C1C(O)C(c2nnc(-c3ccc(OC)cc3)n2CC(F)(F)F)OC(OC(=O)c2ccccc2)C1OC(=O)c1ccccc1. The van der Waals surface area contributed by atoms with Gasteiger partial charge in [0.05, 0.1) is 32.2 Å². The van der Waals surface area contributed by atoms with Gasteiger partial charge in [0.2, 0.25) is 6.29 Å². The lowest BCUT2D eigenvalue weighted by molar-refractivity contribution is -0.271. The van der Waals surface area contributed by atoms with Gasteiger partial charge in [-0.05, 0) is 48.5 Å². The molecule has 0 saturated carbocycles. The summed E-state index contributed by atoms with van der Waals surface area (Å²) >= 11 is 0. The van der Waals surface area contributed by atoms with E-state index in [0.717, 1.165) is 4.57 Å². The fraction of sp³-hybridized carbons (Fsp3) is 0.312. The number of methoxy groups -OCH3 is 1. The number of alkyl halides is 3. The van der Waals surface area contributed by atoms with E-state index in [-0.39, 0.29) is 22.5 Å². The summed E-state index contributed by atoms with van der Waals surface area (Å²) in [5.74, 6) is -3.94. The number of aromatic nitrogens is 3. The van der Waals surface area contributed by atoms with E-state index in [1.165, 1.54) is 50.4 Å². The van der Waals surface area contributed by atoms with Crippen LogP contribution in [0.25, 0.3) is 11.4 Å². The molecule has 4 aromatic rings. The lowest BCUT2D eigenvalue weighted by atomic mass is 9.70. The summed E-state index contributed by atoms with van der Waals surface area (Å²) in [7, 11) is 7.73. The van der Waals surface area contributed by atoms with Gasteiger partial charge in [0, 0.05) is 11.5 Å². The topological polar surface area (TPSA) is 122 Å². The van der Waals surface area contributed by atoms with Crippen LogP contribution in [-0.2, 0) is 20.8 Å². The van der Waals surface area contributed by atoms with Crippen LogP contribution in [0.2, 0.25) is 5.82 Å². The molecule has 1 aliphatic rings. The third kappa shape index (κ3) is 7.24. The van der Waals surface area contributed by atoms with Gasteiger partial charge in [-0.2, -0.15) is 13.2 Å². The maximum Gasteiger partial charge on any atom is 0.406 e. The first-order chi connectivity index (χ1) is 22.0. The number of nitrogens with zero attached hydrogens (tertiary/aromatic N) is 3. The number of rotatable bonds is 9. The lowest BCUT2D eigenvalue weighted by Gasteiger charge is -2.45. The minimum absolute atomic E-state index is 0.126. The molecule has 2 radical (unpaired) electrons. The van der Waals surface area contributed by atoms with Crippen molar-refractivity contribution in [3.63, 3.8) is 0 Å². The second kappa shape index (κ2) is 13.8. The Balaban J connectivity index is 1.57. The molecule has 0 bridgehead atoms. The van der Waals surface area contributed by atoms with E-state index in [9.17, 15) is 27.9 Å². The molecule has 5 rings (SSSR count). The molecule has 14 heteroatoms. The molecule has 10 nitrogen and oxygen atoms in total. The van der Waals surface area contributed by atoms with E-state index >= 15 is 0 Å². The number of hydrogen-bond acceptors (Lipinski definition) is 9. The number of carbonyl (C=O) groups is 2. The van der Waals surface area contributed by atoms with Crippen molar-refractivity contribution in [1.82, 2.24) is 14.8 Å². The van der Waals surface area contributed by atoms with E-state index in [1.54, 1.807) is 48.5 Å². The minimum atomic E-state index is -4.73.